The lowest BCUT2D eigenvalue weighted by Gasteiger charge is -2.00. The highest BCUT2D eigenvalue weighted by molar-refractivity contribution is 6.55. The highest BCUT2D eigenvalue weighted by Gasteiger charge is 1.93. The van der Waals surface area contributed by atoms with Gasteiger partial charge in [0, 0.05) is 8.80 Å². The maximum Gasteiger partial charge on any atom is 0.0305 e. The molecular formula is C8H20Si. The summed E-state index contributed by atoms with van der Waals surface area (Å²) >= 11 is 0. The first-order chi connectivity index (χ1) is 4.27. The van der Waals surface area contributed by atoms with Crippen LogP contribution in [-0.4, -0.2) is 8.80 Å². The molecule has 1 heteroatoms. The van der Waals surface area contributed by atoms with Crippen molar-refractivity contribution in [2.24, 2.45) is 0 Å². The van der Waals surface area contributed by atoms with Crippen LogP contribution in [0.3, 0.4) is 0 Å². The Morgan fingerprint density at radius 2 is 1.67 bits per heavy atom. The third-order valence-corrected chi connectivity index (χ3v) is 3.20. The predicted molar refractivity (Wildman–Crippen MR) is 47.8 cm³/mol. The van der Waals surface area contributed by atoms with Crippen molar-refractivity contribution in [1.29, 1.82) is 0 Å². The molecule has 0 heterocycles. The Balaban J connectivity index is 2.75. The summed E-state index contributed by atoms with van der Waals surface area (Å²) in [6, 6.07) is 1.56. The zero-order valence-electron chi connectivity index (χ0n) is 7.11. The van der Waals surface area contributed by atoms with Crippen molar-refractivity contribution in [2.75, 3.05) is 0 Å². The summed E-state index contributed by atoms with van der Waals surface area (Å²) in [7, 11) is -0.213. The van der Waals surface area contributed by atoms with Gasteiger partial charge in [0.1, 0.15) is 0 Å². The summed E-state index contributed by atoms with van der Waals surface area (Å²) in [4.78, 5) is 0. The minimum Gasteiger partial charge on any atom is -0.0722 e. The van der Waals surface area contributed by atoms with Gasteiger partial charge in [-0.3, -0.25) is 0 Å². The van der Waals surface area contributed by atoms with E-state index in [1.807, 2.05) is 0 Å². The van der Waals surface area contributed by atoms with Gasteiger partial charge in [0.25, 0.3) is 0 Å². The van der Waals surface area contributed by atoms with Gasteiger partial charge in [-0.25, -0.2) is 0 Å². The second kappa shape index (κ2) is 6.34. The Morgan fingerprint density at radius 3 is 2.11 bits per heavy atom. The summed E-state index contributed by atoms with van der Waals surface area (Å²) in [5.74, 6) is 0. The first-order valence-corrected chi connectivity index (χ1v) is 7.40. The van der Waals surface area contributed by atoms with E-state index < -0.39 is 0 Å². The molecular weight excluding hydrogens is 124 g/mol. The molecule has 0 fully saturated rings. The normalized spacial score (nSPS) is 10.7. The number of rotatable bonds is 5. The smallest absolute Gasteiger partial charge is 0.0305 e. The van der Waals surface area contributed by atoms with Gasteiger partial charge in [-0.2, -0.15) is 0 Å². The molecule has 56 valence electrons. The quantitative estimate of drug-likeness (QED) is 0.411. The fourth-order valence-electron chi connectivity index (χ4n) is 0.979. The van der Waals surface area contributed by atoms with Crippen LogP contribution in [0, 0.1) is 0 Å². The van der Waals surface area contributed by atoms with Crippen LogP contribution in [-0.2, 0) is 0 Å². The molecule has 0 amide bonds. The van der Waals surface area contributed by atoms with Crippen molar-refractivity contribution in [3.05, 3.63) is 0 Å². The van der Waals surface area contributed by atoms with Crippen LogP contribution in [0.4, 0.5) is 0 Å². The van der Waals surface area contributed by atoms with Crippen LogP contribution in [0.2, 0.25) is 19.1 Å². The lowest BCUT2D eigenvalue weighted by Crippen LogP contribution is -1.97. The van der Waals surface area contributed by atoms with E-state index in [4.69, 9.17) is 0 Å². The van der Waals surface area contributed by atoms with Gasteiger partial charge in [0.15, 0.2) is 0 Å². The molecule has 0 unspecified atom stereocenters. The molecule has 0 aromatic rings. The van der Waals surface area contributed by atoms with Crippen molar-refractivity contribution >= 4 is 8.80 Å². The average molecular weight is 144 g/mol. The first kappa shape index (κ1) is 9.22. The summed E-state index contributed by atoms with van der Waals surface area (Å²) < 4.78 is 0. The summed E-state index contributed by atoms with van der Waals surface area (Å²) in [6.45, 7) is 7.14. The molecule has 0 N–H and O–H groups in total. The zero-order chi connectivity index (χ0) is 7.11. The van der Waals surface area contributed by atoms with Crippen molar-refractivity contribution in [2.45, 2.75) is 51.7 Å². The molecule has 0 spiro atoms. The predicted octanol–water partition coefficient (Wildman–Crippen LogP) is 3.05. The molecule has 0 aliphatic heterocycles. The van der Waals surface area contributed by atoms with E-state index in [1.54, 1.807) is 6.04 Å². The van der Waals surface area contributed by atoms with E-state index in [-0.39, 0.29) is 8.80 Å². The molecule has 0 bridgehead atoms. The SMILES string of the molecule is CCCCCC[SiH](C)C. The van der Waals surface area contributed by atoms with Crippen molar-refractivity contribution in [3.63, 3.8) is 0 Å². The van der Waals surface area contributed by atoms with Crippen LogP contribution in [0.25, 0.3) is 0 Å². The molecule has 0 aliphatic rings. The van der Waals surface area contributed by atoms with Crippen LogP contribution in [0.1, 0.15) is 32.6 Å². The monoisotopic (exact) mass is 144 g/mol. The number of unbranched alkanes of at least 4 members (excludes halogenated alkanes) is 3. The van der Waals surface area contributed by atoms with Gasteiger partial charge in [-0.1, -0.05) is 51.7 Å². The average Bonchev–Trinajstić information content (AvgIpc) is 1.80. The fourth-order valence-corrected chi connectivity index (χ4v) is 2.08. The molecule has 0 rings (SSSR count). The standard InChI is InChI=1S/C8H20Si/c1-4-5-6-7-8-9(2)3/h9H,4-8H2,1-3H3. The minimum atomic E-state index is -0.213. The van der Waals surface area contributed by atoms with Crippen LogP contribution < -0.4 is 0 Å². The van der Waals surface area contributed by atoms with Crippen molar-refractivity contribution in [1.82, 2.24) is 0 Å². The molecule has 0 radical (unpaired) electrons. The van der Waals surface area contributed by atoms with Gasteiger partial charge in [-0.05, 0) is 0 Å². The topological polar surface area (TPSA) is 0 Å². The molecule has 0 aromatic heterocycles. The Hall–Kier alpha value is 0.217. The molecule has 0 saturated carbocycles. The van der Waals surface area contributed by atoms with Crippen LogP contribution in [0.5, 0.6) is 0 Å². The zero-order valence-corrected chi connectivity index (χ0v) is 8.27. The molecule has 0 atom stereocenters. The fraction of sp³-hybridized carbons (Fsp3) is 1.00. The van der Waals surface area contributed by atoms with E-state index in [2.05, 4.69) is 20.0 Å². The molecule has 0 saturated heterocycles. The van der Waals surface area contributed by atoms with Gasteiger partial charge in [0.2, 0.25) is 0 Å². The third-order valence-electron chi connectivity index (χ3n) is 1.64. The van der Waals surface area contributed by atoms with Gasteiger partial charge < -0.3 is 0 Å². The van der Waals surface area contributed by atoms with Crippen molar-refractivity contribution < 1.29 is 0 Å². The summed E-state index contributed by atoms with van der Waals surface area (Å²) in [5.41, 5.74) is 0. The number of hydrogen-bond donors (Lipinski definition) is 0. The lowest BCUT2D eigenvalue weighted by atomic mass is 10.2. The van der Waals surface area contributed by atoms with E-state index in [0.29, 0.717) is 0 Å². The second-order valence-electron chi connectivity index (χ2n) is 3.24. The van der Waals surface area contributed by atoms with E-state index >= 15 is 0 Å². The van der Waals surface area contributed by atoms with E-state index in [9.17, 15) is 0 Å². The maximum absolute atomic E-state index is 2.44. The maximum atomic E-state index is 2.44. The second-order valence-corrected chi connectivity index (χ2v) is 6.61. The summed E-state index contributed by atoms with van der Waals surface area (Å²) in [5, 5.41) is 0. The molecule has 0 nitrogen and oxygen atoms in total. The highest BCUT2D eigenvalue weighted by atomic mass is 28.3. The van der Waals surface area contributed by atoms with Gasteiger partial charge in [-0.15, -0.1) is 0 Å². The van der Waals surface area contributed by atoms with Crippen molar-refractivity contribution in [3.8, 4) is 0 Å². The Morgan fingerprint density at radius 1 is 1.00 bits per heavy atom. The minimum absolute atomic E-state index is 0.213. The Bertz CT molecular complexity index is 50.5. The lowest BCUT2D eigenvalue weighted by molar-refractivity contribution is 0.699. The largest absolute Gasteiger partial charge is 0.0722 e. The van der Waals surface area contributed by atoms with E-state index in [0.717, 1.165) is 0 Å². The first-order valence-electron chi connectivity index (χ1n) is 4.27. The van der Waals surface area contributed by atoms with Gasteiger partial charge in [0.05, 0.1) is 0 Å². The number of hydrogen-bond acceptors (Lipinski definition) is 0. The van der Waals surface area contributed by atoms with Crippen LogP contribution in [0.15, 0.2) is 0 Å². The Kier molecular flexibility index (Phi) is 6.49. The van der Waals surface area contributed by atoms with E-state index in [1.165, 1.54) is 25.7 Å². The highest BCUT2D eigenvalue weighted by Crippen LogP contribution is 2.05. The Labute approximate surface area is 61.3 Å². The van der Waals surface area contributed by atoms with Gasteiger partial charge >= 0.3 is 0 Å². The molecule has 9 heavy (non-hydrogen) atoms. The summed E-state index contributed by atoms with van der Waals surface area (Å²) in [6.07, 6.45) is 5.79. The van der Waals surface area contributed by atoms with Crippen LogP contribution >= 0.6 is 0 Å². The third kappa shape index (κ3) is 8.22. The molecule has 0 aromatic carbocycles. The molecule has 0 aliphatic carbocycles.